The molecule has 0 bridgehead atoms. The lowest BCUT2D eigenvalue weighted by molar-refractivity contribution is 0.00467. The van der Waals surface area contributed by atoms with E-state index in [0.717, 1.165) is 43.5 Å². The third-order valence-corrected chi connectivity index (χ3v) is 4.25. The molecule has 0 atom stereocenters. The van der Waals surface area contributed by atoms with Crippen LogP contribution in [0.4, 0.5) is 0 Å². The first kappa shape index (κ1) is 15.9. The first-order valence-corrected chi connectivity index (χ1v) is 8.19. The Labute approximate surface area is 136 Å². The molecule has 0 aliphatic heterocycles. The molecule has 2 aromatic rings. The minimum Gasteiger partial charge on any atom is -0.438 e. The standard InChI is InChI=1S/C18H23N3O2/c22-18(8-2-1-3-9-18)14-20-12-15-4-6-16(7-5-15)23-17-13-19-10-11-21-17/h4-7,10-11,13,20,22H,1-3,8-9,12,14H2. The Balaban J connectivity index is 1.48. The summed E-state index contributed by atoms with van der Waals surface area (Å²) in [5.41, 5.74) is 0.642. The van der Waals surface area contributed by atoms with E-state index in [9.17, 15) is 5.11 Å². The summed E-state index contributed by atoms with van der Waals surface area (Å²) in [4.78, 5) is 8.05. The molecular formula is C18H23N3O2. The SMILES string of the molecule is OC1(CNCc2ccc(Oc3cnccn3)cc2)CCCCC1. The van der Waals surface area contributed by atoms with Crippen LogP contribution in [-0.4, -0.2) is 27.2 Å². The molecule has 0 radical (unpaired) electrons. The van der Waals surface area contributed by atoms with Gasteiger partial charge in [-0.25, -0.2) is 4.98 Å². The smallest absolute Gasteiger partial charge is 0.237 e. The largest absolute Gasteiger partial charge is 0.438 e. The molecule has 0 amide bonds. The van der Waals surface area contributed by atoms with Gasteiger partial charge < -0.3 is 15.2 Å². The summed E-state index contributed by atoms with van der Waals surface area (Å²) in [7, 11) is 0. The molecule has 1 saturated carbocycles. The van der Waals surface area contributed by atoms with E-state index in [2.05, 4.69) is 15.3 Å². The van der Waals surface area contributed by atoms with Crippen molar-refractivity contribution in [2.45, 2.75) is 44.2 Å². The summed E-state index contributed by atoms with van der Waals surface area (Å²) < 4.78 is 5.61. The lowest BCUT2D eigenvalue weighted by Gasteiger charge is -2.32. The number of nitrogens with one attached hydrogen (secondary N) is 1. The van der Waals surface area contributed by atoms with Gasteiger partial charge >= 0.3 is 0 Å². The van der Waals surface area contributed by atoms with Crippen LogP contribution in [0.3, 0.4) is 0 Å². The quantitative estimate of drug-likeness (QED) is 0.858. The molecule has 1 aliphatic rings. The van der Waals surface area contributed by atoms with Crippen molar-refractivity contribution in [1.82, 2.24) is 15.3 Å². The molecule has 1 aliphatic carbocycles. The Morgan fingerprint density at radius 1 is 1.09 bits per heavy atom. The fourth-order valence-electron chi connectivity index (χ4n) is 2.96. The third-order valence-electron chi connectivity index (χ3n) is 4.25. The molecule has 0 unspecified atom stereocenters. The molecule has 1 heterocycles. The Morgan fingerprint density at radius 3 is 2.57 bits per heavy atom. The number of hydrogen-bond donors (Lipinski definition) is 2. The second-order valence-electron chi connectivity index (χ2n) is 6.18. The zero-order chi connectivity index (χ0) is 16.0. The van der Waals surface area contributed by atoms with Gasteiger partial charge in [0.1, 0.15) is 5.75 Å². The average molecular weight is 313 g/mol. The number of aromatic nitrogens is 2. The minimum absolute atomic E-state index is 0.484. The molecule has 0 spiro atoms. The summed E-state index contributed by atoms with van der Waals surface area (Å²) >= 11 is 0. The topological polar surface area (TPSA) is 67.3 Å². The zero-order valence-electron chi connectivity index (χ0n) is 13.2. The van der Waals surface area contributed by atoms with E-state index in [1.54, 1.807) is 18.6 Å². The molecular weight excluding hydrogens is 290 g/mol. The van der Waals surface area contributed by atoms with Crippen molar-refractivity contribution >= 4 is 0 Å². The molecule has 23 heavy (non-hydrogen) atoms. The number of hydrogen-bond acceptors (Lipinski definition) is 5. The van der Waals surface area contributed by atoms with E-state index in [4.69, 9.17) is 4.74 Å². The first-order valence-electron chi connectivity index (χ1n) is 8.19. The lowest BCUT2D eigenvalue weighted by atomic mass is 9.85. The highest BCUT2D eigenvalue weighted by Crippen LogP contribution is 2.27. The number of rotatable bonds is 6. The molecule has 5 heteroatoms. The Morgan fingerprint density at radius 2 is 1.87 bits per heavy atom. The first-order chi connectivity index (χ1) is 11.2. The van der Waals surface area contributed by atoms with Crippen LogP contribution in [0.15, 0.2) is 42.9 Å². The van der Waals surface area contributed by atoms with Crippen molar-refractivity contribution in [3.8, 4) is 11.6 Å². The Bertz CT molecular complexity index is 595. The van der Waals surface area contributed by atoms with E-state index in [0.29, 0.717) is 12.4 Å². The van der Waals surface area contributed by atoms with Crippen LogP contribution >= 0.6 is 0 Å². The van der Waals surface area contributed by atoms with Crippen molar-refractivity contribution in [2.24, 2.45) is 0 Å². The third kappa shape index (κ3) is 4.74. The van der Waals surface area contributed by atoms with Gasteiger partial charge in [-0.1, -0.05) is 31.4 Å². The van der Waals surface area contributed by atoms with Crippen LogP contribution in [0.5, 0.6) is 11.6 Å². The molecule has 1 aromatic heterocycles. The maximum absolute atomic E-state index is 10.5. The van der Waals surface area contributed by atoms with E-state index in [1.165, 1.54) is 6.42 Å². The Hall–Kier alpha value is -1.98. The maximum Gasteiger partial charge on any atom is 0.237 e. The van der Waals surface area contributed by atoms with Crippen LogP contribution in [0, 0.1) is 0 Å². The van der Waals surface area contributed by atoms with Crippen molar-refractivity contribution in [2.75, 3.05) is 6.54 Å². The second kappa shape index (κ2) is 7.53. The minimum atomic E-state index is -0.521. The highest BCUT2D eigenvalue weighted by molar-refractivity contribution is 5.29. The van der Waals surface area contributed by atoms with Crippen molar-refractivity contribution in [1.29, 1.82) is 0 Å². The summed E-state index contributed by atoms with van der Waals surface area (Å²) in [6, 6.07) is 7.87. The van der Waals surface area contributed by atoms with Crippen molar-refractivity contribution < 1.29 is 9.84 Å². The predicted molar refractivity (Wildman–Crippen MR) is 88.3 cm³/mol. The maximum atomic E-state index is 10.5. The highest BCUT2D eigenvalue weighted by atomic mass is 16.5. The number of aliphatic hydroxyl groups is 1. The van der Waals surface area contributed by atoms with Gasteiger partial charge in [0, 0.05) is 25.5 Å². The molecule has 2 N–H and O–H groups in total. The second-order valence-corrected chi connectivity index (χ2v) is 6.18. The molecule has 3 rings (SSSR count). The van der Waals surface area contributed by atoms with E-state index >= 15 is 0 Å². The predicted octanol–water partition coefficient (Wildman–Crippen LogP) is 3.05. The van der Waals surface area contributed by atoms with Crippen LogP contribution in [0.1, 0.15) is 37.7 Å². The van der Waals surface area contributed by atoms with Gasteiger partial charge in [0.2, 0.25) is 5.88 Å². The molecule has 1 fully saturated rings. The molecule has 0 saturated heterocycles. The van der Waals surface area contributed by atoms with Gasteiger partial charge in [0.05, 0.1) is 11.8 Å². The van der Waals surface area contributed by atoms with E-state index < -0.39 is 5.60 Å². The van der Waals surface area contributed by atoms with Gasteiger partial charge in [0.15, 0.2) is 0 Å². The van der Waals surface area contributed by atoms with Crippen LogP contribution < -0.4 is 10.1 Å². The number of ether oxygens (including phenoxy) is 1. The molecule has 1 aromatic carbocycles. The Kier molecular flexibility index (Phi) is 5.20. The van der Waals surface area contributed by atoms with Crippen LogP contribution in [0.2, 0.25) is 0 Å². The number of nitrogens with zero attached hydrogens (tertiary/aromatic N) is 2. The van der Waals surface area contributed by atoms with Crippen LogP contribution in [-0.2, 0) is 6.54 Å². The summed E-state index contributed by atoms with van der Waals surface area (Å²) in [5.74, 6) is 1.22. The van der Waals surface area contributed by atoms with Crippen molar-refractivity contribution in [3.05, 3.63) is 48.4 Å². The summed E-state index contributed by atoms with van der Waals surface area (Å²) in [5, 5.41) is 13.8. The zero-order valence-corrected chi connectivity index (χ0v) is 13.2. The van der Waals surface area contributed by atoms with Gasteiger partial charge in [-0.2, -0.15) is 0 Å². The monoisotopic (exact) mass is 313 g/mol. The fraction of sp³-hybridized carbons (Fsp3) is 0.444. The van der Waals surface area contributed by atoms with Gasteiger partial charge in [-0.15, -0.1) is 0 Å². The van der Waals surface area contributed by atoms with E-state index in [1.807, 2.05) is 24.3 Å². The van der Waals surface area contributed by atoms with Crippen molar-refractivity contribution in [3.63, 3.8) is 0 Å². The van der Waals surface area contributed by atoms with E-state index in [-0.39, 0.29) is 0 Å². The molecule has 122 valence electrons. The average Bonchev–Trinajstić information content (AvgIpc) is 2.58. The fourth-order valence-corrected chi connectivity index (χ4v) is 2.96. The summed E-state index contributed by atoms with van der Waals surface area (Å²) in [6.45, 7) is 1.40. The lowest BCUT2D eigenvalue weighted by Crippen LogP contribution is -2.41. The summed E-state index contributed by atoms with van der Waals surface area (Å²) in [6.07, 6.45) is 10.1. The highest BCUT2D eigenvalue weighted by Gasteiger charge is 2.28. The van der Waals surface area contributed by atoms with Gasteiger partial charge in [-0.3, -0.25) is 4.98 Å². The van der Waals surface area contributed by atoms with Crippen LogP contribution in [0.25, 0.3) is 0 Å². The van der Waals surface area contributed by atoms with Gasteiger partial charge in [-0.05, 0) is 30.5 Å². The molecule has 5 nitrogen and oxygen atoms in total. The normalized spacial score (nSPS) is 16.9. The van der Waals surface area contributed by atoms with Gasteiger partial charge in [0.25, 0.3) is 0 Å². The number of benzene rings is 1.